The Bertz CT molecular complexity index is 824. The molecule has 2 amide bonds. The first kappa shape index (κ1) is 18.2. The van der Waals surface area contributed by atoms with Crippen LogP contribution in [-0.2, 0) is 0 Å². The maximum absolute atomic E-state index is 11.5. The van der Waals surface area contributed by atoms with Gasteiger partial charge in [-0.2, -0.15) is 10.2 Å². The van der Waals surface area contributed by atoms with Gasteiger partial charge in [0.15, 0.2) is 0 Å². The number of benzene rings is 2. The van der Waals surface area contributed by atoms with Gasteiger partial charge in [-0.15, -0.1) is 0 Å². The molecule has 132 valence electrons. The van der Waals surface area contributed by atoms with Crippen molar-refractivity contribution in [2.24, 2.45) is 10.2 Å². The molecular formula is C15H12N6O5. The van der Waals surface area contributed by atoms with Gasteiger partial charge in [-0.1, -0.05) is 24.3 Å². The molecule has 0 bridgehead atoms. The lowest BCUT2D eigenvalue weighted by atomic mass is 10.2. The number of rotatable bonds is 6. The number of carbonyl (C=O) groups excluding carboxylic acids is 1. The summed E-state index contributed by atoms with van der Waals surface area (Å²) >= 11 is 0. The summed E-state index contributed by atoms with van der Waals surface area (Å²) in [5.74, 6) is 0. The molecule has 0 aromatic heterocycles. The second kappa shape index (κ2) is 8.63. The molecular weight excluding hydrogens is 344 g/mol. The molecule has 2 aromatic carbocycles. The number of nitrogens with one attached hydrogen (secondary N) is 2. The van der Waals surface area contributed by atoms with Crippen LogP contribution in [0.5, 0.6) is 0 Å². The number of nitro groups is 2. The molecule has 11 nitrogen and oxygen atoms in total. The summed E-state index contributed by atoms with van der Waals surface area (Å²) in [5.41, 5.74) is 4.91. The minimum absolute atomic E-state index is 0.0973. The fourth-order valence-corrected chi connectivity index (χ4v) is 1.79. The zero-order valence-electron chi connectivity index (χ0n) is 13.1. The van der Waals surface area contributed by atoms with E-state index in [1.54, 1.807) is 12.1 Å². The molecule has 0 heterocycles. The largest absolute Gasteiger partial charge is 0.355 e. The van der Waals surface area contributed by atoms with Crippen LogP contribution < -0.4 is 10.9 Å². The fourth-order valence-electron chi connectivity index (χ4n) is 1.79. The topological polar surface area (TPSA) is 152 Å². The lowest BCUT2D eigenvalue weighted by Crippen LogP contribution is -2.28. The second-order valence-corrected chi connectivity index (χ2v) is 4.77. The van der Waals surface area contributed by atoms with Gasteiger partial charge in [0.1, 0.15) is 0 Å². The van der Waals surface area contributed by atoms with Crippen LogP contribution in [0.25, 0.3) is 0 Å². The Kier molecular flexibility index (Phi) is 6.04. The number of nitro benzene ring substituents is 2. The van der Waals surface area contributed by atoms with E-state index < -0.39 is 15.9 Å². The first-order valence-electron chi connectivity index (χ1n) is 7.07. The molecule has 26 heavy (non-hydrogen) atoms. The van der Waals surface area contributed by atoms with Crippen LogP contribution in [0.4, 0.5) is 16.2 Å². The maximum Gasteiger partial charge on any atom is 0.355 e. The van der Waals surface area contributed by atoms with Crippen LogP contribution >= 0.6 is 0 Å². The van der Waals surface area contributed by atoms with E-state index in [1.165, 1.54) is 48.8 Å². The minimum atomic E-state index is -0.756. The van der Waals surface area contributed by atoms with Gasteiger partial charge in [0, 0.05) is 35.4 Å². The van der Waals surface area contributed by atoms with Gasteiger partial charge in [-0.05, 0) is 0 Å². The Balaban J connectivity index is 1.87. The van der Waals surface area contributed by atoms with Crippen molar-refractivity contribution in [2.45, 2.75) is 0 Å². The molecule has 0 aliphatic heterocycles. The Morgan fingerprint density at radius 1 is 0.846 bits per heavy atom. The summed E-state index contributed by atoms with van der Waals surface area (Å²) in [6.45, 7) is 0. The molecule has 2 rings (SSSR count). The molecule has 2 aromatic rings. The Morgan fingerprint density at radius 2 is 1.27 bits per heavy atom. The second-order valence-electron chi connectivity index (χ2n) is 4.77. The van der Waals surface area contributed by atoms with Crippen LogP contribution in [0, 0.1) is 20.2 Å². The van der Waals surface area contributed by atoms with Crippen molar-refractivity contribution in [3.05, 3.63) is 79.9 Å². The molecule has 0 spiro atoms. The Hall–Kier alpha value is -4.15. The highest BCUT2D eigenvalue weighted by molar-refractivity contribution is 5.84. The van der Waals surface area contributed by atoms with Gasteiger partial charge in [-0.25, -0.2) is 15.6 Å². The van der Waals surface area contributed by atoms with E-state index in [0.717, 1.165) is 0 Å². The monoisotopic (exact) mass is 356 g/mol. The van der Waals surface area contributed by atoms with Crippen molar-refractivity contribution in [3.8, 4) is 0 Å². The van der Waals surface area contributed by atoms with E-state index in [4.69, 9.17) is 0 Å². The number of urea groups is 1. The van der Waals surface area contributed by atoms with Crippen LogP contribution in [0.2, 0.25) is 0 Å². The lowest BCUT2D eigenvalue weighted by Gasteiger charge is -1.98. The number of nitrogens with zero attached hydrogens (tertiary/aromatic N) is 4. The van der Waals surface area contributed by atoms with Gasteiger partial charge >= 0.3 is 6.03 Å². The molecule has 2 N–H and O–H groups in total. The number of carbonyl (C=O) groups is 1. The number of hydrogen-bond donors (Lipinski definition) is 2. The summed E-state index contributed by atoms with van der Waals surface area (Å²) in [4.78, 5) is 31.7. The molecule has 0 unspecified atom stereocenters. The Morgan fingerprint density at radius 3 is 1.65 bits per heavy atom. The zero-order valence-corrected chi connectivity index (χ0v) is 13.1. The minimum Gasteiger partial charge on any atom is -0.258 e. The molecule has 0 fully saturated rings. The van der Waals surface area contributed by atoms with Crippen LogP contribution in [0.1, 0.15) is 11.1 Å². The Labute approximate surface area is 146 Å². The highest BCUT2D eigenvalue weighted by Gasteiger charge is 2.05. The normalized spacial score (nSPS) is 10.8. The maximum atomic E-state index is 11.5. The molecule has 0 aliphatic rings. The number of amides is 2. The quantitative estimate of drug-likeness (QED) is 0.461. The summed E-state index contributed by atoms with van der Waals surface area (Å²) in [5, 5.41) is 28.6. The van der Waals surface area contributed by atoms with Crippen molar-refractivity contribution < 1.29 is 14.6 Å². The molecule has 0 aliphatic carbocycles. The number of non-ortho nitro benzene ring substituents is 2. The van der Waals surface area contributed by atoms with Crippen molar-refractivity contribution >= 4 is 29.8 Å². The van der Waals surface area contributed by atoms with E-state index in [9.17, 15) is 25.0 Å². The molecule has 0 saturated carbocycles. The third-order valence-corrected chi connectivity index (χ3v) is 2.92. The smallest absolute Gasteiger partial charge is 0.258 e. The van der Waals surface area contributed by atoms with Gasteiger partial charge in [-0.3, -0.25) is 20.2 Å². The third kappa shape index (κ3) is 5.49. The van der Waals surface area contributed by atoms with Crippen LogP contribution in [0.3, 0.4) is 0 Å². The summed E-state index contributed by atoms with van der Waals surface area (Å²) in [6.07, 6.45) is 2.47. The van der Waals surface area contributed by atoms with Gasteiger partial charge < -0.3 is 0 Å². The van der Waals surface area contributed by atoms with Crippen molar-refractivity contribution in [2.75, 3.05) is 0 Å². The van der Waals surface area contributed by atoms with Crippen molar-refractivity contribution in [3.63, 3.8) is 0 Å². The van der Waals surface area contributed by atoms with Crippen LogP contribution in [-0.4, -0.2) is 28.3 Å². The first-order chi connectivity index (χ1) is 12.5. The fraction of sp³-hybridized carbons (Fsp3) is 0. The summed E-state index contributed by atoms with van der Waals surface area (Å²) in [7, 11) is 0. The highest BCUT2D eigenvalue weighted by atomic mass is 16.6. The van der Waals surface area contributed by atoms with Gasteiger partial charge in [0.05, 0.1) is 22.3 Å². The SMILES string of the molecule is O=C(NN=Cc1cccc([N+](=O)[O-])c1)NN=Cc1cccc([N+](=O)[O-])c1. The summed E-state index contributed by atoms with van der Waals surface area (Å²) < 4.78 is 0. The standard InChI is InChI=1S/C15H12N6O5/c22-15(18-16-9-11-3-1-5-13(7-11)20(23)24)19-17-10-12-4-2-6-14(8-12)21(25)26/h1-10H,(H2,18,19,22). The van der Waals surface area contributed by atoms with E-state index in [0.29, 0.717) is 11.1 Å². The van der Waals surface area contributed by atoms with E-state index in [1.807, 2.05) is 0 Å². The van der Waals surface area contributed by atoms with Gasteiger partial charge in [0.25, 0.3) is 11.4 Å². The average Bonchev–Trinajstić information content (AvgIpc) is 2.62. The predicted octanol–water partition coefficient (Wildman–Crippen LogP) is 2.17. The van der Waals surface area contributed by atoms with Crippen molar-refractivity contribution in [1.29, 1.82) is 0 Å². The lowest BCUT2D eigenvalue weighted by molar-refractivity contribution is -0.385. The first-order valence-corrected chi connectivity index (χ1v) is 7.07. The molecule has 0 atom stereocenters. The zero-order chi connectivity index (χ0) is 18.9. The van der Waals surface area contributed by atoms with E-state index in [2.05, 4.69) is 21.1 Å². The van der Waals surface area contributed by atoms with E-state index >= 15 is 0 Å². The average molecular weight is 356 g/mol. The molecule has 0 radical (unpaired) electrons. The molecule has 11 heteroatoms. The van der Waals surface area contributed by atoms with Gasteiger partial charge in [0.2, 0.25) is 0 Å². The van der Waals surface area contributed by atoms with E-state index in [-0.39, 0.29) is 11.4 Å². The third-order valence-electron chi connectivity index (χ3n) is 2.92. The van der Waals surface area contributed by atoms with Crippen LogP contribution in [0.15, 0.2) is 58.7 Å². The summed E-state index contributed by atoms with van der Waals surface area (Å²) in [6, 6.07) is 10.6. The predicted molar refractivity (Wildman–Crippen MR) is 93.0 cm³/mol. The molecule has 0 saturated heterocycles. The van der Waals surface area contributed by atoms with Crippen molar-refractivity contribution in [1.82, 2.24) is 10.9 Å². The number of hydrazone groups is 2. The highest BCUT2D eigenvalue weighted by Crippen LogP contribution is 2.12. The number of hydrogen-bond acceptors (Lipinski definition) is 7.